The van der Waals surface area contributed by atoms with Crippen molar-refractivity contribution in [2.45, 2.75) is 12.8 Å². The molecule has 0 unspecified atom stereocenters. The first-order chi connectivity index (χ1) is 9.08. The molecule has 0 atom stereocenters. The Labute approximate surface area is 110 Å². The molecule has 0 bridgehead atoms. The summed E-state index contributed by atoms with van der Waals surface area (Å²) >= 11 is 0. The molecule has 1 amide bonds. The van der Waals surface area contributed by atoms with Gasteiger partial charge < -0.3 is 14.9 Å². The van der Waals surface area contributed by atoms with Gasteiger partial charge in [-0.2, -0.15) is 0 Å². The van der Waals surface area contributed by atoms with Crippen molar-refractivity contribution in [2.24, 2.45) is 0 Å². The fourth-order valence-electron chi connectivity index (χ4n) is 2.01. The maximum atomic E-state index is 12.0. The van der Waals surface area contributed by atoms with Crippen LogP contribution in [0.1, 0.15) is 23.3 Å². The molecule has 7 nitrogen and oxygen atoms in total. The van der Waals surface area contributed by atoms with Crippen molar-refractivity contribution >= 4 is 17.8 Å². The van der Waals surface area contributed by atoms with Crippen molar-refractivity contribution in [2.75, 3.05) is 31.6 Å². The van der Waals surface area contributed by atoms with Gasteiger partial charge in [0.25, 0.3) is 5.91 Å². The van der Waals surface area contributed by atoms with E-state index in [4.69, 9.17) is 5.11 Å². The molecule has 19 heavy (non-hydrogen) atoms. The van der Waals surface area contributed by atoms with Crippen LogP contribution < -0.4 is 4.90 Å². The summed E-state index contributed by atoms with van der Waals surface area (Å²) in [4.78, 5) is 34.1. The largest absolute Gasteiger partial charge is 0.480 e. The van der Waals surface area contributed by atoms with E-state index < -0.39 is 11.9 Å². The van der Waals surface area contributed by atoms with Crippen LogP contribution in [0.3, 0.4) is 0 Å². The average molecular weight is 264 g/mol. The second-order valence-electron chi connectivity index (χ2n) is 4.49. The molecule has 1 aliphatic heterocycles. The van der Waals surface area contributed by atoms with Gasteiger partial charge in [-0.25, -0.2) is 9.97 Å². The molecule has 7 heteroatoms. The van der Waals surface area contributed by atoms with Crippen LogP contribution in [-0.4, -0.2) is 58.5 Å². The van der Waals surface area contributed by atoms with E-state index in [2.05, 4.69) is 9.97 Å². The van der Waals surface area contributed by atoms with Gasteiger partial charge in [-0.05, 0) is 18.9 Å². The molecule has 1 aromatic heterocycles. The third-order valence-corrected chi connectivity index (χ3v) is 2.97. The molecule has 1 aromatic rings. The third-order valence-electron chi connectivity index (χ3n) is 2.97. The van der Waals surface area contributed by atoms with Gasteiger partial charge in [0.2, 0.25) is 5.95 Å². The molecule has 0 radical (unpaired) electrons. The van der Waals surface area contributed by atoms with Crippen molar-refractivity contribution in [1.29, 1.82) is 0 Å². The zero-order chi connectivity index (χ0) is 13.8. The second-order valence-corrected chi connectivity index (χ2v) is 4.49. The minimum Gasteiger partial charge on any atom is -0.480 e. The van der Waals surface area contributed by atoms with E-state index in [9.17, 15) is 9.59 Å². The molecule has 0 aliphatic carbocycles. The molecule has 1 fully saturated rings. The third kappa shape index (κ3) is 3.18. The van der Waals surface area contributed by atoms with Gasteiger partial charge in [0.1, 0.15) is 12.2 Å². The van der Waals surface area contributed by atoms with Crippen LogP contribution in [0.2, 0.25) is 0 Å². The summed E-state index contributed by atoms with van der Waals surface area (Å²) in [5.74, 6) is -0.929. The summed E-state index contributed by atoms with van der Waals surface area (Å²) in [6.45, 7) is 1.44. The summed E-state index contributed by atoms with van der Waals surface area (Å²) in [7, 11) is 1.44. The second kappa shape index (κ2) is 5.64. The van der Waals surface area contributed by atoms with Crippen molar-refractivity contribution in [3.05, 3.63) is 18.0 Å². The summed E-state index contributed by atoms with van der Waals surface area (Å²) < 4.78 is 0. The number of nitrogens with zero attached hydrogens (tertiary/aromatic N) is 4. The molecule has 0 spiro atoms. The Balaban J connectivity index is 2.13. The van der Waals surface area contributed by atoms with E-state index in [-0.39, 0.29) is 12.2 Å². The topological polar surface area (TPSA) is 86.6 Å². The first-order valence-corrected chi connectivity index (χ1v) is 6.13. The molecular weight excluding hydrogens is 248 g/mol. The fraction of sp³-hybridized carbons (Fsp3) is 0.500. The Kier molecular flexibility index (Phi) is 3.94. The lowest BCUT2D eigenvalue weighted by molar-refractivity contribution is -0.137. The van der Waals surface area contributed by atoms with Gasteiger partial charge in [-0.3, -0.25) is 9.59 Å². The number of aliphatic carboxylic acids is 1. The van der Waals surface area contributed by atoms with Crippen LogP contribution in [0.5, 0.6) is 0 Å². The normalized spacial score (nSPS) is 14.5. The number of anilines is 1. The van der Waals surface area contributed by atoms with Gasteiger partial charge in [0, 0.05) is 26.3 Å². The molecule has 1 saturated heterocycles. The summed E-state index contributed by atoms with van der Waals surface area (Å²) in [5, 5.41) is 8.67. The van der Waals surface area contributed by atoms with Gasteiger partial charge >= 0.3 is 5.97 Å². The molecule has 102 valence electrons. The maximum Gasteiger partial charge on any atom is 0.323 e. The molecule has 1 N–H and O–H groups in total. The van der Waals surface area contributed by atoms with Crippen molar-refractivity contribution in [1.82, 2.24) is 14.9 Å². The first kappa shape index (κ1) is 13.3. The number of carbonyl (C=O) groups is 2. The van der Waals surface area contributed by atoms with E-state index in [1.165, 1.54) is 19.3 Å². The Bertz CT molecular complexity index is 486. The van der Waals surface area contributed by atoms with Crippen molar-refractivity contribution in [3.63, 3.8) is 0 Å². The molecule has 0 aromatic carbocycles. The number of carbonyl (C=O) groups excluding carboxylic acids is 1. The highest BCUT2D eigenvalue weighted by Gasteiger charge is 2.19. The van der Waals surface area contributed by atoms with E-state index >= 15 is 0 Å². The first-order valence-electron chi connectivity index (χ1n) is 6.13. The number of likely N-dealkylation sites (N-methyl/N-ethyl adjacent to an activating group) is 1. The summed E-state index contributed by atoms with van der Waals surface area (Å²) in [5.41, 5.74) is 0.223. The van der Waals surface area contributed by atoms with Crippen LogP contribution >= 0.6 is 0 Å². The van der Waals surface area contributed by atoms with Gasteiger partial charge in [0.15, 0.2) is 0 Å². The van der Waals surface area contributed by atoms with E-state index in [1.807, 2.05) is 4.90 Å². The van der Waals surface area contributed by atoms with Crippen molar-refractivity contribution in [3.8, 4) is 0 Å². The minimum atomic E-state index is -1.05. The van der Waals surface area contributed by atoms with Gasteiger partial charge in [-0.1, -0.05) is 0 Å². The molecule has 2 heterocycles. The molecular formula is C12H16N4O3. The summed E-state index contributed by atoms with van der Waals surface area (Å²) in [6.07, 6.45) is 3.73. The Morgan fingerprint density at radius 2 is 2.11 bits per heavy atom. The predicted octanol–water partition coefficient (Wildman–Crippen LogP) is 0.233. The average Bonchev–Trinajstić information content (AvgIpc) is 2.91. The number of carboxylic acids is 1. The molecule has 0 saturated carbocycles. The number of aromatic nitrogens is 2. The number of carboxylic acid groups (broad SMARTS) is 1. The van der Waals surface area contributed by atoms with Gasteiger partial charge in [0.05, 0.1) is 0 Å². The quantitative estimate of drug-likeness (QED) is 0.838. The highest BCUT2D eigenvalue weighted by molar-refractivity contribution is 5.94. The van der Waals surface area contributed by atoms with Crippen LogP contribution in [0.25, 0.3) is 0 Å². The van der Waals surface area contributed by atoms with E-state index in [1.54, 1.807) is 0 Å². The number of amides is 1. The highest BCUT2D eigenvalue weighted by atomic mass is 16.4. The molecule has 2 rings (SSSR count). The van der Waals surface area contributed by atoms with E-state index in [0.29, 0.717) is 5.95 Å². The Hall–Kier alpha value is -2.18. The number of hydrogen-bond donors (Lipinski definition) is 1. The van der Waals surface area contributed by atoms with Crippen LogP contribution in [0.4, 0.5) is 5.95 Å². The van der Waals surface area contributed by atoms with E-state index in [0.717, 1.165) is 30.8 Å². The lowest BCUT2D eigenvalue weighted by atomic mass is 10.3. The van der Waals surface area contributed by atoms with Gasteiger partial charge in [-0.15, -0.1) is 0 Å². The van der Waals surface area contributed by atoms with Crippen LogP contribution in [0.15, 0.2) is 12.3 Å². The number of hydrogen-bond acceptors (Lipinski definition) is 5. The zero-order valence-electron chi connectivity index (χ0n) is 10.7. The zero-order valence-corrected chi connectivity index (χ0v) is 10.7. The Morgan fingerprint density at radius 1 is 1.42 bits per heavy atom. The number of rotatable bonds is 4. The predicted molar refractivity (Wildman–Crippen MR) is 68.1 cm³/mol. The maximum absolute atomic E-state index is 12.0. The minimum absolute atomic E-state index is 0.223. The highest BCUT2D eigenvalue weighted by Crippen LogP contribution is 2.15. The van der Waals surface area contributed by atoms with Crippen molar-refractivity contribution < 1.29 is 14.7 Å². The van der Waals surface area contributed by atoms with Crippen LogP contribution in [-0.2, 0) is 4.79 Å². The fourth-order valence-corrected chi connectivity index (χ4v) is 2.01. The monoisotopic (exact) mass is 264 g/mol. The summed E-state index contributed by atoms with van der Waals surface area (Å²) in [6, 6.07) is 1.50. The lowest BCUT2D eigenvalue weighted by Crippen LogP contribution is -2.33. The SMILES string of the molecule is CN(CC(=O)O)C(=O)c1ccnc(N2CCCC2)n1. The lowest BCUT2D eigenvalue weighted by Gasteiger charge is -2.17. The molecule has 1 aliphatic rings. The standard InChI is InChI=1S/C12H16N4O3/c1-15(8-10(17)18)11(19)9-4-5-13-12(14-9)16-6-2-3-7-16/h4-5H,2-3,6-8H2,1H3,(H,17,18). The van der Waals surface area contributed by atoms with Crippen LogP contribution in [0, 0.1) is 0 Å². The smallest absolute Gasteiger partial charge is 0.323 e. The Morgan fingerprint density at radius 3 is 2.74 bits per heavy atom.